The van der Waals surface area contributed by atoms with Crippen LogP contribution in [0.5, 0.6) is 0 Å². The molecule has 0 atom stereocenters. The summed E-state index contributed by atoms with van der Waals surface area (Å²) in [6, 6.07) is 6.42. The number of carbonyl (C=O) groups is 1. The van der Waals surface area contributed by atoms with Gasteiger partial charge in [0.1, 0.15) is 12.1 Å². The van der Waals surface area contributed by atoms with Gasteiger partial charge in [0.2, 0.25) is 0 Å². The summed E-state index contributed by atoms with van der Waals surface area (Å²) in [6.45, 7) is 0.406. The van der Waals surface area contributed by atoms with E-state index in [0.29, 0.717) is 17.8 Å². The fourth-order valence-corrected chi connectivity index (χ4v) is 1.69. The second-order valence-electron chi connectivity index (χ2n) is 3.73. The number of hydrogen-bond acceptors (Lipinski definition) is 5. The van der Waals surface area contributed by atoms with Crippen molar-refractivity contribution < 1.29 is 14.4 Å². The molecule has 2 aromatic heterocycles. The predicted molar refractivity (Wildman–Crippen MR) is 60.1 cm³/mol. The normalized spacial score (nSPS) is 10.9. The van der Waals surface area contributed by atoms with E-state index in [9.17, 15) is 4.79 Å². The Hall–Kier alpha value is -2.70. The molecule has 0 aliphatic carbocycles. The highest BCUT2D eigenvalue weighted by Crippen LogP contribution is 2.14. The Morgan fingerprint density at radius 1 is 1.39 bits per heavy atom. The standard InChI is InChI=1S/C11H8N4O3/c16-11(17)7-1-2-10-9(5-7)13-14-15(10)6-8-3-4-12-18-8/h1-5H,6H2,(H,16,17). The molecule has 0 radical (unpaired) electrons. The zero-order chi connectivity index (χ0) is 12.5. The molecule has 0 aliphatic heterocycles. The second-order valence-corrected chi connectivity index (χ2v) is 3.73. The smallest absolute Gasteiger partial charge is 0.335 e. The highest BCUT2D eigenvalue weighted by Gasteiger charge is 2.10. The molecule has 1 aromatic carbocycles. The zero-order valence-electron chi connectivity index (χ0n) is 9.15. The van der Waals surface area contributed by atoms with Crippen LogP contribution in [0.25, 0.3) is 11.0 Å². The highest BCUT2D eigenvalue weighted by molar-refractivity contribution is 5.92. The van der Waals surface area contributed by atoms with Crippen LogP contribution in [0.15, 0.2) is 35.0 Å². The molecular formula is C11H8N4O3. The summed E-state index contributed by atoms with van der Waals surface area (Å²) in [5.74, 6) is -0.328. The maximum Gasteiger partial charge on any atom is 0.335 e. The summed E-state index contributed by atoms with van der Waals surface area (Å²) in [5, 5.41) is 20.4. The molecule has 0 spiro atoms. The van der Waals surface area contributed by atoms with Crippen LogP contribution in [0.3, 0.4) is 0 Å². The minimum atomic E-state index is -0.985. The minimum Gasteiger partial charge on any atom is -0.478 e. The molecule has 90 valence electrons. The van der Waals surface area contributed by atoms with Gasteiger partial charge in [-0.25, -0.2) is 9.48 Å². The summed E-state index contributed by atoms with van der Waals surface area (Å²) in [6.07, 6.45) is 1.55. The number of fused-ring (bicyclic) bond motifs is 1. The SMILES string of the molecule is O=C(O)c1ccc2c(c1)nnn2Cc1ccno1. The Morgan fingerprint density at radius 3 is 3.00 bits per heavy atom. The second kappa shape index (κ2) is 3.95. The average molecular weight is 244 g/mol. The first-order chi connectivity index (χ1) is 8.74. The van der Waals surface area contributed by atoms with E-state index in [4.69, 9.17) is 9.63 Å². The molecule has 0 aliphatic rings. The minimum absolute atomic E-state index is 0.189. The van der Waals surface area contributed by atoms with Gasteiger partial charge in [0.15, 0.2) is 5.76 Å². The summed E-state index contributed by atoms with van der Waals surface area (Å²) < 4.78 is 6.61. The predicted octanol–water partition coefficient (Wildman–Crippen LogP) is 1.17. The molecule has 1 N–H and O–H groups in total. The molecule has 0 unspecified atom stereocenters. The molecule has 0 saturated carbocycles. The lowest BCUT2D eigenvalue weighted by Gasteiger charge is -1.98. The lowest BCUT2D eigenvalue weighted by atomic mass is 10.2. The van der Waals surface area contributed by atoms with Crippen LogP contribution in [0.4, 0.5) is 0 Å². The van der Waals surface area contributed by atoms with Crippen molar-refractivity contribution in [3.05, 3.63) is 41.8 Å². The van der Waals surface area contributed by atoms with E-state index in [1.54, 1.807) is 23.0 Å². The molecular weight excluding hydrogens is 236 g/mol. The number of carboxylic acids is 1. The Morgan fingerprint density at radius 2 is 2.28 bits per heavy atom. The number of carboxylic acid groups (broad SMARTS) is 1. The average Bonchev–Trinajstić information content (AvgIpc) is 2.99. The first-order valence-corrected chi connectivity index (χ1v) is 5.20. The Kier molecular flexibility index (Phi) is 2.30. The Labute approximate surface area is 101 Å². The van der Waals surface area contributed by atoms with Crippen molar-refractivity contribution in [2.75, 3.05) is 0 Å². The van der Waals surface area contributed by atoms with E-state index in [-0.39, 0.29) is 5.56 Å². The lowest BCUT2D eigenvalue weighted by molar-refractivity contribution is 0.0697. The van der Waals surface area contributed by atoms with Gasteiger partial charge in [0.05, 0.1) is 17.3 Å². The van der Waals surface area contributed by atoms with E-state index in [1.807, 2.05) is 0 Å². The van der Waals surface area contributed by atoms with Crippen molar-refractivity contribution in [3.8, 4) is 0 Å². The van der Waals surface area contributed by atoms with Crippen LogP contribution < -0.4 is 0 Å². The van der Waals surface area contributed by atoms with Crippen molar-refractivity contribution in [2.45, 2.75) is 6.54 Å². The van der Waals surface area contributed by atoms with Crippen molar-refractivity contribution in [2.24, 2.45) is 0 Å². The molecule has 3 aromatic rings. The van der Waals surface area contributed by atoms with Crippen LogP contribution in [0, 0.1) is 0 Å². The quantitative estimate of drug-likeness (QED) is 0.743. The molecule has 18 heavy (non-hydrogen) atoms. The molecule has 0 fully saturated rings. The number of rotatable bonds is 3. The largest absolute Gasteiger partial charge is 0.478 e. The van der Waals surface area contributed by atoms with Crippen molar-refractivity contribution >= 4 is 17.0 Å². The van der Waals surface area contributed by atoms with Crippen LogP contribution in [0.2, 0.25) is 0 Å². The number of nitrogens with zero attached hydrogens (tertiary/aromatic N) is 4. The first-order valence-electron chi connectivity index (χ1n) is 5.20. The summed E-state index contributed by atoms with van der Waals surface area (Å²) in [5.41, 5.74) is 1.47. The van der Waals surface area contributed by atoms with E-state index in [0.717, 1.165) is 5.52 Å². The number of benzene rings is 1. The van der Waals surface area contributed by atoms with E-state index < -0.39 is 5.97 Å². The zero-order valence-corrected chi connectivity index (χ0v) is 9.15. The fourth-order valence-electron chi connectivity index (χ4n) is 1.69. The molecule has 3 rings (SSSR count). The van der Waals surface area contributed by atoms with Crippen LogP contribution in [-0.2, 0) is 6.54 Å². The topological polar surface area (TPSA) is 94.0 Å². The van der Waals surface area contributed by atoms with Gasteiger partial charge in [-0.2, -0.15) is 0 Å². The summed E-state index contributed by atoms with van der Waals surface area (Å²) >= 11 is 0. The van der Waals surface area contributed by atoms with Gasteiger partial charge in [-0.3, -0.25) is 0 Å². The van der Waals surface area contributed by atoms with Crippen LogP contribution >= 0.6 is 0 Å². The van der Waals surface area contributed by atoms with E-state index in [2.05, 4.69) is 15.5 Å². The highest BCUT2D eigenvalue weighted by atomic mass is 16.5. The molecule has 2 heterocycles. The van der Waals surface area contributed by atoms with E-state index in [1.165, 1.54) is 12.1 Å². The lowest BCUT2D eigenvalue weighted by Crippen LogP contribution is -2.01. The number of aromatic carboxylic acids is 1. The third-order valence-corrected chi connectivity index (χ3v) is 2.56. The monoisotopic (exact) mass is 244 g/mol. The third kappa shape index (κ3) is 1.71. The van der Waals surface area contributed by atoms with E-state index >= 15 is 0 Å². The number of aromatic nitrogens is 4. The van der Waals surface area contributed by atoms with Crippen LogP contribution in [0.1, 0.15) is 16.1 Å². The summed E-state index contributed by atoms with van der Waals surface area (Å²) in [4.78, 5) is 10.8. The Bertz CT molecular complexity index is 702. The molecule has 0 amide bonds. The van der Waals surface area contributed by atoms with Crippen molar-refractivity contribution in [1.29, 1.82) is 0 Å². The maximum absolute atomic E-state index is 10.8. The van der Waals surface area contributed by atoms with Gasteiger partial charge in [-0.1, -0.05) is 10.4 Å². The van der Waals surface area contributed by atoms with Gasteiger partial charge >= 0.3 is 5.97 Å². The first kappa shape index (κ1) is 10.5. The molecule has 0 bridgehead atoms. The Balaban J connectivity index is 2.02. The fraction of sp³-hybridized carbons (Fsp3) is 0.0909. The van der Waals surface area contributed by atoms with Gasteiger partial charge in [0, 0.05) is 6.07 Å². The van der Waals surface area contributed by atoms with Gasteiger partial charge in [-0.15, -0.1) is 5.10 Å². The van der Waals surface area contributed by atoms with Crippen LogP contribution in [-0.4, -0.2) is 31.2 Å². The van der Waals surface area contributed by atoms with Crippen molar-refractivity contribution in [3.63, 3.8) is 0 Å². The summed E-state index contributed by atoms with van der Waals surface area (Å²) in [7, 11) is 0. The van der Waals surface area contributed by atoms with Crippen molar-refractivity contribution in [1.82, 2.24) is 20.2 Å². The molecule has 7 heteroatoms. The van der Waals surface area contributed by atoms with Gasteiger partial charge in [-0.05, 0) is 18.2 Å². The third-order valence-electron chi connectivity index (χ3n) is 2.56. The molecule has 0 saturated heterocycles. The van der Waals surface area contributed by atoms with Gasteiger partial charge < -0.3 is 9.63 Å². The number of hydrogen-bond donors (Lipinski definition) is 1. The van der Waals surface area contributed by atoms with Gasteiger partial charge in [0.25, 0.3) is 0 Å². The maximum atomic E-state index is 10.8. The molecule has 7 nitrogen and oxygen atoms in total.